The van der Waals surface area contributed by atoms with Gasteiger partial charge >= 0.3 is 5.97 Å². The van der Waals surface area contributed by atoms with Crippen molar-refractivity contribution in [2.75, 3.05) is 5.75 Å². The van der Waals surface area contributed by atoms with E-state index in [1.807, 2.05) is 90.6 Å². The van der Waals surface area contributed by atoms with Crippen molar-refractivity contribution in [1.29, 1.82) is 0 Å². The zero-order valence-corrected chi connectivity index (χ0v) is 25.4. The molecule has 0 aliphatic carbocycles. The normalized spacial score (nSPS) is 18.2. The van der Waals surface area contributed by atoms with Crippen molar-refractivity contribution in [3.63, 3.8) is 0 Å². The molecule has 0 saturated carbocycles. The topological polar surface area (TPSA) is 123 Å². The summed E-state index contributed by atoms with van der Waals surface area (Å²) in [6.45, 7) is 0.347. The zero-order chi connectivity index (χ0) is 30.9. The molecule has 0 bridgehead atoms. The predicted octanol–water partition coefficient (Wildman–Crippen LogP) is 5.79. The molecule has 4 aromatic rings. The van der Waals surface area contributed by atoms with E-state index in [4.69, 9.17) is 14.6 Å². The van der Waals surface area contributed by atoms with Gasteiger partial charge < -0.3 is 29.6 Å². The van der Waals surface area contributed by atoms with Crippen LogP contribution >= 0.6 is 11.8 Å². The molecule has 44 heavy (non-hydrogen) atoms. The number of carboxylic acids is 1. The lowest BCUT2D eigenvalue weighted by atomic mass is 9.97. The Hall–Kier alpha value is -3.96. The molecule has 1 amide bonds. The van der Waals surface area contributed by atoms with Crippen molar-refractivity contribution in [1.82, 2.24) is 14.9 Å². The van der Waals surface area contributed by atoms with Gasteiger partial charge in [0.25, 0.3) is 0 Å². The molecule has 1 saturated heterocycles. The maximum absolute atomic E-state index is 12.2. The third kappa shape index (κ3) is 8.35. The smallest absolute Gasteiger partial charge is 0.303 e. The number of nitrogens with zero attached hydrogens (tertiary/aromatic N) is 2. The summed E-state index contributed by atoms with van der Waals surface area (Å²) < 4.78 is 15.0. The van der Waals surface area contributed by atoms with Crippen LogP contribution in [0.4, 0.5) is 0 Å². The van der Waals surface area contributed by atoms with Crippen molar-refractivity contribution < 1.29 is 29.3 Å². The van der Waals surface area contributed by atoms with Gasteiger partial charge in [0.2, 0.25) is 5.91 Å². The predicted molar refractivity (Wildman–Crippen MR) is 168 cm³/mol. The Morgan fingerprint density at radius 3 is 2.45 bits per heavy atom. The molecule has 1 fully saturated rings. The van der Waals surface area contributed by atoms with Crippen molar-refractivity contribution in [3.05, 3.63) is 107 Å². The fourth-order valence-electron chi connectivity index (χ4n) is 5.14. The van der Waals surface area contributed by atoms with Crippen LogP contribution in [0.5, 0.6) is 0 Å². The molecule has 3 aromatic carbocycles. The van der Waals surface area contributed by atoms with Crippen LogP contribution in [0.3, 0.4) is 0 Å². The first-order valence-electron chi connectivity index (χ1n) is 14.7. The number of hydrogen-bond acceptors (Lipinski definition) is 7. The van der Waals surface area contributed by atoms with Crippen molar-refractivity contribution >= 4 is 23.6 Å². The number of imidazole rings is 1. The SMILES string of the molecule is Cn1ccnc1SC[C@H]1C[C@@H](c2ccc(CO)cc2)O[C@@H](c2ccc(-c3ccccc3CNC(=O)CCCC(=O)O)cc2)O1. The molecule has 0 spiro atoms. The summed E-state index contributed by atoms with van der Waals surface area (Å²) in [4.78, 5) is 27.4. The van der Waals surface area contributed by atoms with E-state index in [0.29, 0.717) is 19.4 Å². The number of aliphatic hydroxyl groups is 1. The van der Waals surface area contributed by atoms with Crippen LogP contribution < -0.4 is 5.32 Å². The molecule has 1 aliphatic rings. The monoisotopic (exact) mass is 615 g/mol. The number of rotatable bonds is 13. The van der Waals surface area contributed by atoms with Gasteiger partial charge in [0.05, 0.1) is 18.8 Å². The number of carbonyl (C=O) groups is 2. The Kier molecular flexibility index (Phi) is 10.8. The van der Waals surface area contributed by atoms with E-state index in [1.54, 1.807) is 18.0 Å². The Labute approximate surface area is 261 Å². The van der Waals surface area contributed by atoms with Gasteiger partial charge in [0, 0.05) is 56.6 Å². The van der Waals surface area contributed by atoms with Gasteiger partial charge in [-0.05, 0) is 34.2 Å². The summed E-state index contributed by atoms with van der Waals surface area (Å²) in [6.07, 6.45) is 4.07. The number of aliphatic carboxylic acids is 1. The zero-order valence-electron chi connectivity index (χ0n) is 24.6. The minimum absolute atomic E-state index is 0.00485. The first-order chi connectivity index (χ1) is 21.4. The molecule has 2 heterocycles. The molecule has 1 aliphatic heterocycles. The lowest BCUT2D eigenvalue weighted by molar-refractivity contribution is -0.245. The average molecular weight is 616 g/mol. The number of nitrogens with one attached hydrogen (secondary N) is 1. The van der Waals surface area contributed by atoms with Gasteiger partial charge in [-0.3, -0.25) is 9.59 Å². The highest BCUT2D eigenvalue weighted by Crippen LogP contribution is 2.40. The summed E-state index contributed by atoms with van der Waals surface area (Å²) >= 11 is 1.66. The Balaban J connectivity index is 1.29. The first-order valence-corrected chi connectivity index (χ1v) is 15.7. The Morgan fingerprint density at radius 1 is 1.00 bits per heavy atom. The van der Waals surface area contributed by atoms with Crippen molar-refractivity contribution in [3.8, 4) is 11.1 Å². The van der Waals surface area contributed by atoms with E-state index in [-0.39, 0.29) is 37.6 Å². The molecular formula is C34H37N3O6S. The number of aliphatic hydroxyl groups excluding tert-OH is 1. The standard InChI is InChI=1S/C34H37N3O6S/c1-37-18-17-35-34(37)44-22-28-19-30(25-11-9-23(21-38)10-12-25)43-33(42-28)26-15-13-24(14-16-26)29-6-3-2-5-27(29)20-36-31(39)7-4-8-32(40)41/h2-3,5-6,9-18,28,30,33,38H,4,7-8,19-22H2,1H3,(H,36,39)(H,40,41)/t28-,30+,33+/m1/s1. The van der Waals surface area contributed by atoms with Crippen LogP contribution in [0.1, 0.15) is 60.3 Å². The van der Waals surface area contributed by atoms with Gasteiger partial charge in [-0.15, -0.1) is 0 Å². The molecule has 0 unspecified atom stereocenters. The van der Waals surface area contributed by atoms with Crippen LogP contribution in [0, 0.1) is 0 Å². The largest absolute Gasteiger partial charge is 0.481 e. The lowest BCUT2D eigenvalue weighted by Gasteiger charge is -2.36. The van der Waals surface area contributed by atoms with Gasteiger partial charge in [-0.2, -0.15) is 0 Å². The number of thioether (sulfide) groups is 1. The number of aromatic nitrogens is 2. The first kappa shape index (κ1) is 31.5. The van der Waals surface area contributed by atoms with E-state index in [9.17, 15) is 14.7 Å². The van der Waals surface area contributed by atoms with Crippen LogP contribution in [-0.2, 0) is 39.3 Å². The van der Waals surface area contributed by atoms with E-state index in [1.165, 1.54) is 0 Å². The summed E-state index contributed by atoms with van der Waals surface area (Å²) in [7, 11) is 1.98. The summed E-state index contributed by atoms with van der Waals surface area (Å²) in [5.41, 5.74) is 5.77. The molecule has 1 aromatic heterocycles. The van der Waals surface area contributed by atoms with E-state index in [0.717, 1.165) is 44.3 Å². The number of hydrogen-bond donors (Lipinski definition) is 3. The molecule has 0 radical (unpaired) electrons. The number of carboxylic acid groups (broad SMARTS) is 1. The van der Waals surface area contributed by atoms with E-state index in [2.05, 4.69) is 10.3 Å². The number of benzene rings is 3. The fraction of sp³-hybridized carbons (Fsp3) is 0.324. The second-order valence-corrected chi connectivity index (χ2v) is 11.8. The average Bonchev–Trinajstić information content (AvgIpc) is 3.47. The number of amides is 1. The van der Waals surface area contributed by atoms with Crippen LogP contribution in [0.2, 0.25) is 0 Å². The molecule has 9 nitrogen and oxygen atoms in total. The van der Waals surface area contributed by atoms with Crippen molar-refractivity contribution in [2.45, 2.75) is 62.5 Å². The van der Waals surface area contributed by atoms with Gasteiger partial charge in [-0.25, -0.2) is 4.98 Å². The molecular weight excluding hydrogens is 578 g/mol. The van der Waals surface area contributed by atoms with Gasteiger partial charge in [0.1, 0.15) is 0 Å². The third-order valence-electron chi connectivity index (χ3n) is 7.57. The highest BCUT2D eigenvalue weighted by atomic mass is 32.2. The maximum atomic E-state index is 12.2. The lowest BCUT2D eigenvalue weighted by Crippen LogP contribution is -2.31. The summed E-state index contributed by atoms with van der Waals surface area (Å²) in [5, 5.41) is 22.1. The highest BCUT2D eigenvalue weighted by molar-refractivity contribution is 7.99. The second-order valence-electron chi connectivity index (χ2n) is 10.8. The van der Waals surface area contributed by atoms with Gasteiger partial charge in [0.15, 0.2) is 11.4 Å². The number of carbonyl (C=O) groups excluding carboxylic acids is 1. The highest BCUT2D eigenvalue weighted by Gasteiger charge is 2.32. The minimum Gasteiger partial charge on any atom is -0.481 e. The van der Waals surface area contributed by atoms with Crippen LogP contribution in [0.25, 0.3) is 11.1 Å². The number of aryl methyl sites for hydroxylation is 1. The Morgan fingerprint density at radius 2 is 1.75 bits per heavy atom. The second kappa shape index (κ2) is 15.2. The fourth-order valence-corrected chi connectivity index (χ4v) is 6.09. The molecule has 10 heteroatoms. The molecule has 5 rings (SSSR count). The minimum atomic E-state index is -0.901. The number of ether oxygens (including phenoxy) is 2. The van der Waals surface area contributed by atoms with Crippen LogP contribution in [-0.4, -0.2) is 43.5 Å². The molecule has 3 atom stereocenters. The summed E-state index contributed by atoms with van der Waals surface area (Å²) in [5.74, 6) is -0.343. The van der Waals surface area contributed by atoms with Gasteiger partial charge in [-0.1, -0.05) is 84.6 Å². The molecule has 3 N–H and O–H groups in total. The quantitative estimate of drug-likeness (QED) is 0.162. The van der Waals surface area contributed by atoms with Crippen LogP contribution in [0.15, 0.2) is 90.3 Å². The Bertz CT molecular complexity index is 1540. The molecule has 230 valence electrons. The van der Waals surface area contributed by atoms with E-state index >= 15 is 0 Å². The summed E-state index contributed by atoms with van der Waals surface area (Å²) in [6, 6.07) is 23.9. The van der Waals surface area contributed by atoms with E-state index < -0.39 is 12.3 Å². The third-order valence-corrected chi connectivity index (χ3v) is 8.76. The maximum Gasteiger partial charge on any atom is 0.303 e. The van der Waals surface area contributed by atoms with Crippen molar-refractivity contribution in [2.24, 2.45) is 7.05 Å².